The minimum atomic E-state index is -0.937. The lowest BCUT2D eigenvalue weighted by Crippen LogP contribution is -2.30. The number of rotatable bonds is 6. The molecule has 2 heterocycles. The predicted octanol–water partition coefficient (Wildman–Crippen LogP) is 3.39. The minimum absolute atomic E-state index is 0.165. The van der Waals surface area contributed by atoms with Crippen LogP contribution in [-0.4, -0.2) is 33.3 Å². The molecular weight excluding hydrogens is 402 g/mol. The van der Waals surface area contributed by atoms with E-state index in [2.05, 4.69) is 5.32 Å². The van der Waals surface area contributed by atoms with Gasteiger partial charge < -0.3 is 19.7 Å². The smallest absolute Gasteiger partial charge is 0.323 e. The Hall–Kier alpha value is -3.65. The lowest BCUT2D eigenvalue weighted by Gasteiger charge is -2.14. The van der Waals surface area contributed by atoms with E-state index in [4.69, 9.17) is 17.0 Å². The van der Waals surface area contributed by atoms with Crippen molar-refractivity contribution in [2.45, 2.75) is 13.5 Å². The maximum Gasteiger partial charge on any atom is 0.323 e. The Morgan fingerprint density at radius 1 is 1.20 bits per heavy atom. The van der Waals surface area contributed by atoms with Crippen molar-refractivity contribution in [3.63, 3.8) is 0 Å². The van der Waals surface area contributed by atoms with Gasteiger partial charge in [-0.05, 0) is 55.5 Å². The molecule has 152 valence electrons. The van der Waals surface area contributed by atoms with Crippen molar-refractivity contribution in [3.05, 3.63) is 66.0 Å². The Kier molecular flexibility index (Phi) is 5.24. The van der Waals surface area contributed by atoms with E-state index in [9.17, 15) is 14.7 Å². The van der Waals surface area contributed by atoms with Gasteiger partial charge in [0.15, 0.2) is 5.11 Å². The number of amides is 1. The van der Waals surface area contributed by atoms with Gasteiger partial charge in [0.1, 0.15) is 18.0 Å². The summed E-state index contributed by atoms with van der Waals surface area (Å²) in [4.78, 5) is 25.6. The largest absolute Gasteiger partial charge is 0.494 e. The molecule has 1 amide bonds. The fraction of sp³-hybridized carbons (Fsp3) is 0.136. The van der Waals surface area contributed by atoms with E-state index in [1.165, 1.54) is 4.90 Å². The summed E-state index contributed by atoms with van der Waals surface area (Å²) in [6.45, 7) is 2.30. The van der Waals surface area contributed by atoms with Gasteiger partial charge in [-0.3, -0.25) is 14.5 Å². The highest BCUT2D eigenvalue weighted by Gasteiger charge is 2.32. The van der Waals surface area contributed by atoms with Crippen LogP contribution in [0.1, 0.15) is 12.5 Å². The summed E-state index contributed by atoms with van der Waals surface area (Å²) >= 11 is 5.37. The van der Waals surface area contributed by atoms with Crippen molar-refractivity contribution in [2.24, 2.45) is 0 Å². The van der Waals surface area contributed by atoms with Gasteiger partial charge in [0, 0.05) is 22.7 Å². The number of nitrogens with one attached hydrogen (secondary N) is 1. The number of hydrogen-bond donors (Lipinski definition) is 2. The van der Waals surface area contributed by atoms with Gasteiger partial charge in [-0.25, -0.2) is 0 Å². The van der Waals surface area contributed by atoms with E-state index in [-0.39, 0.29) is 17.6 Å². The highest BCUT2D eigenvalue weighted by Crippen LogP contribution is 2.27. The third-order valence-electron chi connectivity index (χ3n) is 4.71. The van der Waals surface area contributed by atoms with Gasteiger partial charge in [-0.2, -0.15) is 0 Å². The van der Waals surface area contributed by atoms with Crippen LogP contribution in [0.3, 0.4) is 0 Å². The van der Waals surface area contributed by atoms with Crippen LogP contribution in [0.5, 0.6) is 5.75 Å². The number of fused-ring (bicyclic) bond motifs is 1. The van der Waals surface area contributed by atoms with Gasteiger partial charge in [-0.1, -0.05) is 18.2 Å². The van der Waals surface area contributed by atoms with Gasteiger partial charge in [0.25, 0.3) is 5.91 Å². The molecule has 0 saturated carbocycles. The average Bonchev–Trinajstić information content (AvgIpc) is 3.20. The molecule has 2 N–H and O–H groups in total. The van der Waals surface area contributed by atoms with E-state index in [1.807, 2.05) is 31.2 Å². The van der Waals surface area contributed by atoms with E-state index in [1.54, 1.807) is 41.1 Å². The zero-order chi connectivity index (χ0) is 21.3. The van der Waals surface area contributed by atoms with Gasteiger partial charge >= 0.3 is 5.97 Å². The van der Waals surface area contributed by atoms with E-state index in [0.717, 1.165) is 16.5 Å². The topological polar surface area (TPSA) is 83.8 Å². The Bertz CT molecular complexity index is 1180. The SMILES string of the molecule is CCOc1ccc(N2C(=O)/C(=C/c3cn(CC(=O)O)c4ccccc34)NC2=S)cc1. The number of nitrogens with zero attached hydrogens (tertiary/aromatic N) is 2. The molecule has 4 rings (SSSR count). The third kappa shape index (κ3) is 3.65. The van der Waals surface area contributed by atoms with Crippen LogP contribution in [-0.2, 0) is 16.1 Å². The van der Waals surface area contributed by atoms with Crippen LogP contribution in [0, 0.1) is 0 Å². The Morgan fingerprint density at radius 3 is 2.63 bits per heavy atom. The number of aromatic nitrogens is 1. The standard InChI is InChI=1S/C22H19N3O4S/c1-2-29-16-9-7-15(8-10-16)25-21(28)18(23-22(25)30)11-14-12-24(13-20(26)27)19-6-4-3-5-17(14)19/h3-12H,2,13H2,1H3,(H,23,30)(H,26,27)/b18-11-. The zero-order valence-electron chi connectivity index (χ0n) is 16.2. The second-order valence-electron chi connectivity index (χ2n) is 6.68. The first kappa shape index (κ1) is 19.7. The molecule has 7 nitrogen and oxygen atoms in total. The van der Waals surface area contributed by atoms with Crippen LogP contribution < -0.4 is 15.0 Å². The second kappa shape index (κ2) is 8.00. The maximum atomic E-state index is 13.0. The highest BCUT2D eigenvalue weighted by molar-refractivity contribution is 7.80. The fourth-order valence-electron chi connectivity index (χ4n) is 3.45. The van der Waals surface area contributed by atoms with Crippen LogP contribution in [0.25, 0.3) is 17.0 Å². The first-order chi connectivity index (χ1) is 14.5. The molecule has 0 unspecified atom stereocenters. The molecule has 1 fully saturated rings. The van der Waals surface area contributed by atoms with Crippen molar-refractivity contribution in [1.82, 2.24) is 9.88 Å². The maximum absolute atomic E-state index is 13.0. The Labute approximate surface area is 178 Å². The summed E-state index contributed by atoms with van der Waals surface area (Å²) in [5.41, 5.74) is 2.48. The fourth-order valence-corrected chi connectivity index (χ4v) is 3.75. The van der Waals surface area contributed by atoms with Crippen LogP contribution in [0.15, 0.2) is 60.4 Å². The number of aliphatic carboxylic acids is 1. The molecule has 1 aliphatic rings. The first-order valence-electron chi connectivity index (χ1n) is 9.37. The molecule has 8 heteroatoms. The average molecular weight is 421 g/mol. The Balaban J connectivity index is 1.68. The van der Waals surface area contributed by atoms with E-state index < -0.39 is 5.97 Å². The minimum Gasteiger partial charge on any atom is -0.494 e. The molecule has 0 radical (unpaired) electrons. The highest BCUT2D eigenvalue weighted by atomic mass is 32.1. The zero-order valence-corrected chi connectivity index (χ0v) is 17.0. The number of benzene rings is 2. The molecule has 1 aromatic heterocycles. The predicted molar refractivity (Wildman–Crippen MR) is 118 cm³/mol. The van der Waals surface area contributed by atoms with Gasteiger partial charge in [-0.15, -0.1) is 0 Å². The molecule has 0 spiro atoms. The summed E-state index contributed by atoms with van der Waals surface area (Å²) in [5, 5.41) is 13.3. The molecule has 30 heavy (non-hydrogen) atoms. The number of carbonyl (C=O) groups excluding carboxylic acids is 1. The molecule has 1 saturated heterocycles. The molecule has 0 bridgehead atoms. The van der Waals surface area contributed by atoms with Crippen molar-refractivity contribution in [1.29, 1.82) is 0 Å². The molecule has 0 aliphatic carbocycles. The summed E-state index contributed by atoms with van der Waals surface area (Å²) in [6, 6.07) is 14.6. The number of thiocarbonyl (C=S) groups is 1. The lowest BCUT2D eigenvalue weighted by atomic mass is 10.1. The van der Waals surface area contributed by atoms with E-state index in [0.29, 0.717) is 23.7 Å². The summed E-state index contributed by atoms with van der Waals surface area (Å²) in [5.74, 6) is -0.499. The van der Waals surface area contributed by atoms with Crippen molar-refractivity contribution in [3.8, 4) is 5.75 Å². The van der Waals surface area contributed by atoms with Gasteiger partial charge in [0.2, 0.25) is 0 Å². The van der Waals surface area contributed by atoms with Crippen LogP contribution in [0.4, 0.5) is 5.69 Å². The molecule has 3 aromatic rings. The number of hydrogen-bond acceptors (Lipinski definition) is 4. The molecule has 0 atom stereocenters. The number of ether oxygens (including phenoxy) is 1. The normalized spacial score (nSPS) is 15.1. The summed E-state index contributed by atoms with van der Waals surface area (Å²) in [6.07, 6.45) is 3.42. The summed E-state index contributed by atoms with van der Waals surface area (Å²) < 4.78 is 7.09. The number of carboxylic acids is 1. The molecule has 2 aromatic carbocycles. The van der Waals surface area contributed by atoms with Crippen molar-refractivity contribution < 1.29 is 19.4 Å². The molecular formula is C22H19N3O4S. The number of carbonyl (C=O) groups is 2. The summed E-state index contributed by atoms with van der Waals surface area (Å²) in [7, 11) is 0. The monoisotopic (exact) mass is 421 g/mol. The number of carboxylic acid groups (broad SMARTS) is 1. The van der Waals surface area contributed by atoms with Gasteiger partial charge in [0.05, 0.1) is 12.3 Å². The second-order valence-corrected chi connectivity index (χ2v) is 7.07. The van der Waals surface area contributed by atoms with Crippen molar-refractivity contribution >= 4 is 51.9 Å². The molecule has 1 aliphatic heterocycles. The van der Waals surface area contributed by atoms with E-state index >= 15 is 0 Å². The Morgan fingerprint density at radius 2 is 1.93 bits per heavy atom. The van der Waals surface area contributed by atoms with Crippen LogP contribution in [0.2, 0.25) is 0 Å². The van der Waals surface area contributed by atoms with Crippen LogP contribution >= 0.6 is 12.2 Å². The third-order valence-corrected chi connectivity index (χ3v) is 4.99. The number of para-hydroxylation sites is 1. The van der Waals surface area contributed by atoms with Crippen molar-refractivity contribution in [2.75, 3.05) is 11.5 Å². The lowest BCUT2D eigenvalue weighted by molar-refractivity contribution is -0.137. The quantitative estimate of drug-likeness (QED) is 0.469. The number of anilines is 1. The first-order valence-corrected chi connectivity index (χ1v) is 9.78.